The van der Waals surface area contributed by atoms with E-state index in [1.165, 1.54) is 5.56 Å². The fraction of sp³-hybridized carbons (Fsp3) is 0.320. The lowest BCUT2D eigenvalue weighted by molar-refractivity contribution is -0.134. The van der Waals surface area contributed by atoms with Gasteiger partial charge in [-0.05, 0) is 30.0 Å². The summed E-state index contributed by atoms with van der Waals surface area (Å²) in [6.07, 6.45) is 3.96. The summed E-state index contributed by atoms with van der Waals surface area (Å²) in [4.78, 5) is 34.0. The maximum absolute atomic E-state index is 13.1. The Balaban J connectivity index is 1.52. The van der Waals surface area contributed by atoms with E-state index in [0.29, 0.717) is 38.3 Å². The molecule has 0 N–H and O–H groups in total. The molecular weight excluding hydrogens is 388 g/mol. The van der Waals surface area contributed by atoms with Gasteiger partial charge in [0.15, 0.2) is 0 Å². The predicted molar refractivity (Wildman–Crippen MR) is 120 cm³/mol. The van der Waals surface area contributed by atoms with Crippen LogP contribution in [0.2, 0.25) is 0 Å². The summed E-state index contributed by atoms with van der Waals surface area (Å²) >= 11 is 0. The third-order valence-corrected chi connectivity index (χ3v) is 5.88. The minimum atomic E-state index is -0.266. The number of benzene rings is 2. The first kappa shape index (κ1) is 20.8. The first-order valence-electron chi connectivity index (χ1n) is 10.8. The van der Waals surface area contributed by atoms with Gasteiger partial charge in [-0.25, -0.2) is 4.98 Å². The Hall–Kier alpha value is -3.41. The molecule has 0 saturated carbocycles. The lowest BCUT2D eigenvalue weighted by atomic mass is 9.95. The number of aryl methyl sites for hydroxylation is 1. The van der Waals surface area contributed by atoms with E-state index in [1.807, 2.05) is 37.1 Å². The number of amides is 2. The van der Waals surface area contributed by atoms with Crippen molar-refractivity contribution in [3.05, 3.63) is 78.4 Å². The van der Waals surface area contributed by atoms with Crippen molar-refractivity contribution in [3.8, 4) is 11.1 Å². The second kappa shape index (κ2) is 9.16. The highest BCUT2D eigenvalue weighted by molar-refractivity contribution is 5.93. The van der Waals surface area contributed by atoms with Crippen LogP contribution in [0.3, 0.4) is 0 Å². The Kier molecular flexibility index (Phi) is 6.16. The molecule has 31 heavy (non-hydrogen) atoms. The summed E-state index contributed by atoms with van der Waals surface area (Å²) in [6, 6.07) is 18.6. The van der Waals surface area contributed by atoms with Gasteiger partial charge < -0.3 is 14.4 Å². The number of likely N-dealkylation sites (N-methyl/N-ethyl adjacent to an activating group) is 1. The van der Waals surface area contributed by atoms with Crippen LogP contribution in [0.5, 0.6) is 0 Å². The van der Waals surface area contributed by atoms with Gasteiger partial charge in [0.25, 0.3) is 5.91 Å². The van der Waals surface area contributed by atoms with Gasteiger partial charge in [-0.2, -0.15) is 0 Å². The largest absolute Gasteiger partial charge is 0.341 e. The second-order valence-corrected chi connectivity index (χ2v) is 8.06. The molecule has 0 aliphatic carbocycles. The fourth-order valence-corrected chi connectivity index (χ4v) is 4.13. The second-order valence-electron chi connectivity index (χ2n) is 8.06. The average molecular weight is 417 g/mol. The quantitative estimate of drug-likeness (QED) is 0.642. The smallest absolute Gasteiger partial charge is 0.274 e. The standard InChI is InChI=1S/C25H28N4O2/c1-3-28-13-14-29(25(31)23-17-27(2)18-26-23)16-22(24(28)30)15-19-9-11-21(12-10-19)20-7-5-4-6-8-20/h4-12,17-18,22H,3,13-16H2,1-2H3/t22-/m1/s1. The molecule has 160 valence electrons. The van der Waals surface area contributed by atoms with Gasteiger partial charge in [0.05, 0.1) is 12.2 Å². The first-order chi connectivity index (χ1) is 15.0. The van der Waals surface area contributed by atoms with Gasteiger partial charge in [-0.1, -0.05) is 54.6 Å². The zero-order valence-corrected chi connectivity index (χ0v) is 18.1. The minimum Gasteiger partial charge on any atom is -0.341 e. The van der Waals surface area contributed by atoms with E-state index in [2.05, 4.69) is 41.4 Å². The van der Waals surface area contributed by atoms with E-state index in [0.717, 1.165) is 11.1 Å². The van der Waals surface area contributed by atoms with Gasteiger partial charge in [0, 0.05) is 39.4 Å². The number of carbonyl (C=O) groups excluding carboxylic acids is 2. The molecule has 6 heteroatoms. The highest BCUT2D eigenvalue weighted by Gasteiger charge is 2.32. The third kappa shape index (κ3) is 4.68. The molecule has 2 amide bonds. The molecule has 0 unspecified atom stereocenters. The van der Waals surface area contributed by atoms with Gasteiger partial charge in [-0.15, -0.1) is 0 Å². The van der Waals surface area contributed by atoms with Crippen LogP contribution in [0, 0.1) is 5.92 Å². The molecule has 1 aromatic heterocycles. The number of hydrogen-bond acceptors (Lipinski definition) is 3. The molecule has 2 heterocycles. The maximum atomic E-state index is 13.1. The number of aromatic nitrogens is 2. The van der Waals surface area contributed by atoms with Gasteiger partial charge >= 0.3 is 0 Å². The SMILES string of the molecule is CCN1CCN(C(=O)c2cn(C)cn2)C[C@@H](Cc2ccc(-c3ccccc3)cc2)C1=O. The van der Waals surface area contributed by atoms with Crippen molar-refractivity contribution in [1.82, 2.24) is 19.4 Å². The van der Waals surface area contributed by atoms with Crippen LogP contribution in [0.4, 0.5) is 0 Å². The summed E-state index contributed by atoms with van der Waals surface area (Å²) in [5.74, 6) is -0.264. The Morgan fingerprint density at radius 3 is 2.39 bits per heavy atom. The van der Waals surface area contributed by atoms with Crippen LogP contribution < -0.4 is 0 Å². The van der Waals surface area contributed by atoms with Crippen molar-refractivity contribution in [1.29, 1.82) is 0 Å². The van der Waals surface area contributed by atoms with Crippen LogP contribution >= 0.6 is 0 Å². The van der Waals surface area contributed by atoms with Crippen molar-refractivity contribution in [2.75, 3.05) is 26.2 Å². The Labute approximate surface area is 183 Å². The number of nitrogens with zero attached hydrogens (tertiary/aromatic N) is 4. The van der Waals surface area contributed by atoms with E-state index >= 15 is 0 Å². The highest BCUT2D eigenvalue weighted by Crippen LogP contribution is 2.22. The molecule has 1 fully saturated rings. The topological polar surface area (TPSA) is 58.4 Å². The van der Waals surface area contributed by atoms with Crippen LogP contribution in [0.25, 0.3) is 11.1 Å². The summed E-state index contributed by atoms with van der Waals surface area (Å²) in [5, 5.41) is 0. The number of imidazole rings is 1. The Bertz CT molecular complexity index is 1040. The van der Waals surface area contributed by atoms with E-state index < -0.39 is 0 Å². The molecule has 1 saturated heterocycles. The van der Waals surface area contributed by atoms with Gasteiger partial charge in [-0.3, -0.25) is 9.59 Å². The molecule has 1 aliphatic rings. The summed E-state index contributed by atoms with van der Waals surface area (Å²) < 4.78 is 1.76. The molecule has 2 aromatic carbocycles. The Morgan fingerprint density at radius 2 is 1.74 bits per heavy atom. The van der Waals surface area contributed by atoms with Crippen LogP contribution in [-0.2, 0) is 18.3 Å². The van der Waals surface area contributed by atoms with Gasteiger partial charge in [0.1, 0.15) is 5.69 Å². The summed E-state index contributed by atoms with van der Waals surface area (Å²) in [5.41, 5.74) is 3.84. The minimum absolute atomic E-state index is 0.115. The van der Waals surface area contributed by atoms with Crippen LogP contribution in [-0.4, -0.2) is 57.3 Å². The third-order valence-electron chi connectivity index (χ3n) is 5.88. The average Bonchev–Trinajstić information content (AvgIpc) is 3.17. The highest BCUT2D eigenvalue weighted by atomic mass is 16.2. The molecule has 6 nitrogen and oxygen atoms in total. The fourth-order valence-electron chi connectivity index (χ4n) is 4.13. The van der Waals surface area contributed by atoms with Crippen molar-refractivity contribution in [2.45, 2.75) is 13.3 Å². The molecule has 0 radical (unpaired) electrons. The maximum Gasteiger partial charge on any atom is 0.274 e. The van der Waals surface area contributed by atoms with E-state index in [4.69, 9.17) is 0 Å². The van der Waals surface area contributed by atoms with Gasteiger partial charge in [0.2, 0.25) is 5.91 Å². The molecule has 0 spiro atoms. The predicted octanol–water partition coefficient (Wildman–Crippen LogP) is 3.25. The molecule has 1 aliphatic heterocycles. The number of hydrogen-bond donors (Lipinski definition) is 0. The van der Waals surface area contributed by atoms with Crippen LogP contribution in [0.15, 0.2) is 67.1 Å². The van der Waals surface area contributed by atoms with E-state index in [1.54, 1.807) is 22.0 Å². The molecule has 3 aromatic rings. The van der Waals surface area contributed by atoms with Crippen molar-refractivity contribution in [2.24, 2.45) is 13.0 Å². The molecule has 1 atom stereocenters. The lowest BCUT2D eigenvalue weighted by Crippen LogP contribution is -2.38. The van der Waals surface area contributed by atoms with Crippen molar-refractivity contribution < 1.29 is 9.59 Å². The lowest BCUT2D eigenvalue weighted by Gasteiger charge is -2.23. The first-order valence-corrected chi connectivity index (χ1v) is 10.8. The zero-order chi connectivity index (χ0) is 21.8. The summed E-state index contributed by atoms with van der Waals surface area (Å²) in [7, 11) is 1.84. The normalized spacial score (nSPS) is 17.0. The Morgan fingerprint density at radius 1 is 1.03 bits per heavy atom. The molecule has 4 rings (SSSR count). The number of carbonyl (C=O) groups is 2. The molecule has 0 bridgehead atoms. The van der Waals surface area contributed by atoms with Crippen LogP contribution in [0.1, 0.15) is 23.0 Å². The van der Waals surface area contributed by atoms with E-state index in [-0.39, 0.29) is 17.7 Å². The molecular formula is C25H28N4O2. The monoisotopic (exact) mass is 416 g/mol. The zero-order valence-electron chi connectivity index (χ0n) is 18.1. The van der Waals surface area contributed by atoms with E-state index in [9.17, 15) is 9.59 Å². The number of rotatable bonds is 5. The van der Waals surface area contributed by atoms with Crippen molar-refractivity contribution in [3.63, 3.8) is 0 Å². The van der Waals surface area contributed by atoms with Crippen molar-refractivity contribution >= 4 is 11.8 Å². The summed E-state index contributed by atoms with van der Waals surface area (Å²) in [6.45, 7) is 4.12.